The summed E-state index contributed by atoms with van der Waals surface area (Å²) in [4.78, 5) is 13.4. The number of aromatic nitrogens is 3. The van der Waals surface area contributed by atoms with E-state index < -0.39 is 5.25 Å². The fourth-order valence-electron chi connectivity index (χ4n) is 3.65. The molecule has 4 aromatic rings. The second kappa shape index (κ2) is 9.79. The van der Waals surface area contributed by atoms with Crippen molar-refractivity contribution in [1.29, 1.82) is 0 Å². The van der Waals surface area contributed by atoms with Crippen molar-refractivity contribution < 1.29 is 9.53 Å². The van der Waals surface area contributed by atoms with Gasteiger partial charge in [-0.05, 0) is 42.3 Å². The number of ether oxygens (including phenoxy) is 1. The highest BCUT2D eigenvalue weighted by molar-refractivity contribution is 8.00. The third kappa shape index (κ3) is 4.73. The molecule has 1 aromatic heterocycles. The van der Waals surface area contributed by atoms with Crippen molar-refractivity contribution in [3.63, 3.8) is 0 Å². The third-order valence-corrected chi connectivity index (χ3v) is 7.09. The van der Waals surface area contributed by atoms with Crippen molar-refractivity contribution in [3.05, 3.63) is 101 Å². The number of nitrogens with zero attached hydrogens (tertiary/aromatic N) is 3. The van der Waals surface area contributed by atoms with Gasteiger partial charge in [0.05, 0.1) is 6.04 Å². The molecule has 2 atom stereocenters. The molecule has 9 heteroatoms. The van der Waals surface area contributed by atoms with Gasteiger partial charge in [-0.15, -0.1) is 10.2 Å². The van der Waals surface area contributed by atoms with Gasteiger partial charge in [0.15, 0.2) is 5.82 Å². The van der Waals surface area contributed by atoms with Crippen LogP contribution in [0.3, 0.4) is 0 Å². The highest BCUT2D eigenvalue weighted by atomic mass is 35.5. The van der Waals surface area contributed by atoms with Crippen LogP contribution >= 0.6 is 23.4 Å². The molecule has 2 heterocycles. The molecular weight excluding hydrogens is 470 g/mol. The Morgan fingerprint density at radius 2 is 1.82 bits per heavy atom. The Hall–Kier alpha value is -3.49. The molecule has 2 N–H and O–H groups in total. The molecule has 1 aliphatic rings. The predicted octanol–water partition coefficient (Wildman–Crippen LogP) is 5.22. The number of hydrogen-bond donors (Lipinski definition) is 2. The zero-order valence-corrected chi connectivity index (χ0v) is 19.9. The van der Waals surface area contributed by atoms with Crippen LogP contribution in [-0.4, -0.2) is 26.0 Å². The predicted molar refractivity (Wildman–Crippen MR) is 134 cm³/mol. The van der Waals surface area contributed by atoms with Crippen LogP contribution < -0.4 is 15.5 Å². The highest BCUT2D eigenvalue weighted by Gasteiger charge is 2.38. The molecule has 0 radical (unpaired) electrons. The van der Waals surface area contributed by atoms with Crippen LogP contribution in [0.1, 0.15) is 23.0 Å². The van der Waals surface area contributed by atoms with Crippen LogP contribution in [0.2, 0.25) is 5.02 Å². The number of para-hydroxylation sites is 1. The largest absolute Gasteiger partial charge is 0.486 e. The van der Waals surface area contributed by atoms with E-state index in [2.05, 4.69) is 20.9 Å². The third-order valence-electron chi connectivity index (χ3n) is 5.47. The second-order valence-electron chi connectivity index (χ2n) is 7.85. The molecule has 1 aliphatic heterocycles. The Morgan fingerprint density at radius 3 is 2.56 bits per heavy atom. The summed E-state index contributed by atoms with van der Waals surface area (Å²) < 4.78 is 7.67. The average molecular weight is 492 g/mol. The monoisotopic (exact) mass is 491 g/mol. The van der Waals surface area contributed by atoms with Gasteiger partial charge < -0.3 is 15.5 Å². The van der Waals surface area contributed by atoms with Gasteiger partial charge in [-0.2, -0.15) is 0 Å². The maximum atomic E-state index is 13.4. The van der Waals surface area contributed by atoms with E-state index in [-0.39, 0.29) is 18.6 Å². The lowest BCUT2D eigenvalue weighted by Gasteiger charge is -2.33. The van der Waals surface area contributed by atoms with Crippen molar-refractivity contribution in [2.75, 3.05) is 10.7 Å². The Labute approximate surface area is 206 Å². The number of anilines is 1. The van der Waals surface area contributed by atoms with Crippen LogP contribution in [-0.2, 0) is 11.4 Å². The lowest BCUT2D eigenvalue weighted by atomic mass is 10.0. The summed E-state index contributed by atoms with van der Waals surface area (Å²) in [5.41, 5.74) is 6.02. The van der Waals surface area contributed by atoms with Crippen LogP contribution in [0.25, 0.3) is 0 Å². The van der Waals surface area contributed by atoms with Gasteiger partial charge in [0.1, 0.15) is 17.6 Å². The van der Waals surface area contributed by atoms with Gasteiger partial charge in [0.25, 0.3) is 0 Å². The quantitative estimate of drug-likeness (QED) is 0.385. The number of hydrogen-bond acceptors (Lipinski definition) is 6. The van der Waals surface area contributed by atoms with E-state index in [1.807, 2.05) is 79.7 Å². The van der Waals surface area contributed by atoms with Crippen LogP contribution in [0.4, 0.5) is 5.69 Å². The van der Waals surface area contributed by atoms with Crippen LogP contribution in [0.5, 0.6) is 5.75 Å². The first-order valence-electron chi connectivity index (χ1n) is 10.8. The number of halogens is 1. The van der Waals surface area contributed by atoms with Gasteiger partial charge in [-0.3, -0.25) is 4.79 Å². The summed E-state index contributed by atoms with van der Waals surface area (Å²) in [6.07, 6.45) is 0. The normalized spacial score (nSPS) is 16.9. The molecule has 3 aromatic carbocycles. The molecular formula is C25H22ClN5O2S. The number of amides is 1. The molecule has 0 unspecified atom stereocenters. The number of rotatable bonds is 6. The summed E-state index contributed by atoms with van der Waals surface area (Å²) in [5.74, 6) is 1.22. The number of benzene rings is 3. The van der Waals surface area contributed by atoms with E-state index in [4.69, 9.17) is 16.3 Å². The number of thioether (sulfide) groups is 1. The fraction of sp³-hybridized carbons (Fsp3) is 0.160. The SMILES string of the molecule is Cc1ccc(NC(=O)[C@H]2Sc3nnc(COc4ccccc4)n3N[C@H]2c2ccccc2)cc1Cl. The second-order valence-corrected chi connectivity index (χ2v) is 9.36. The Kier molecular flexibility index (Phi) is 6.42. The molecule has 1 amide bonds. The average Bonchev–Trinajstić information content (AvgIpc) is 3.27. The molecule has 7 nitrogen and oxygen atoms in total. The topological polar surface area (TPSA) is 81.1 Å². The first-order valence-corrected chi connectivity index (χ1v) is 12.0. The molecule has 5 rings (SSSR count). The van der Waals surface area contributed by atoms with Crippen LogP contribution in [0, 0.1) is 6.92 Å². The molecule has 0 spiro atoms. The molecule has 34 heavy (non-hydrogen) atoms. The van der Waals surface area contributed by atoms with Gasteiger partial charge in [-0.1, -0.05) is 78.0 Å². The van der Waals surface area contributed by atoms with Crippen molar-refractivity contribution >= 4 is 35.0 Å². The van der Waals surface area contributed by atoms with E-state index in [1.54, 1.807) is 10.7 Å². The smallest absolute Gasteiger partial charge is 0.240 e. The summed E-state index contributed by atoms with van der Waals surface area (Å²) in [7, 11) is 0. The summed E-state index contributed by atoms with van der Waals surface area (Å²) in [6.45, 7) is 2.16. The Balaban J connectivity index is 1.40. The minimum Gasteiger partial charge on any atom is -0.486 e. The zero-order valence-electron chi connectivity index (χ0n) is 18.3. The van der Waals surface area contributed by atoms with E-state index in [0.717, 1.165) is 16.9 Å². The first-order chi connectivity index (χ1) is 16.6. The summed E-state index contributed by atoms with van der Waals surface area (Å²) in [5, 5.41) is 12.3. The lowest BCUT2D eigenvalue weighted by Crippen LogP contribution is -2.41. The number of aryl methyl sites for hydroxylation is 1. The minimum atomic E-state index is -0.484. The van der Waals surface area contributed by atoms with Crippen molar-refractivity contribution in [2.24, 2.45) is 0 Å². The maximum Gasteiger partial charge on any atom is 0.240 e. The van der Waals surface area contributed by atoms with E-state index in [9.17, 15) is 4.79 Å². The standard InChI is InChI=1S/C25H22ClN5O2S/c1-16-12-13-18(14-20(16)26)27-24(32)23-22(17-8-4-2-5-9-17)30-31-21(28-29-25(31)34-23)15-33-19-10-6-3-7-11-19/h2-14,22-23,30H,15H2,1H3,(H,27,32)/t22-,23-/m0/s1. The van der Waals surface area contributed by atoms with E-state index >= 15 is 0 Å². The molecule has 0 fully saturated rings. The number of fused-ring (bicyclic) bond motifs is 1. The van der Waals surface area contributed by atoms with E-state index in [1.165, 1.54) is 11.8 Å². The minimum absolute atomic E-state index is 0.150. The summed E-state index contributed by atoms with van der Waals surface area (Å²) >= 11 is 7.61. The maximum absolute atomic E-state index is 13.4. The number of carbonyl (C=O) groups excluding carboxylic acids is 1. The Bertz CT molecular complexity index is 1300. The van der Waals surface area contributed by atoms with E-state index in [0.29, 0.717) is 21.7 Å². The molecule has 0 bridgehead atoms. The van der Waals surface area contributed by atoms with Crippen LogP contribution in [0.15, 0.2) is 84.0 Å². The highest BCUT2D eigenvalue weighted by Crippen LogP contribution is 2.37. The molecule has 0 saturated heterocycles. The Morgan fingerprint density at radius 1 is 1.09 bits per heavy atom. The van der Waals surface area contributed by atoms with Gasteiger partial charge in [-0.25, -0.2) is 4.68 Å². The van der Waals surface area contributed by atoms with Crippen molar-refractivity contribution in [3.8, 4) is 5.75 Å². The fourth-order valence-corrected chi connectivity index (χ4v) is 4.93. The zero-order chi connectivity index (χ0) is 23.5. The molecule has 172 valence electrons. The van der Waals surface area contributed by atoms with Gasteiger partial charge in [0, 0.05) is 10.7 Å². The molecule has 0 saturated carbocycles. The first kappa shape index (κ1) is 22.3. The van der Waals surface area contributed by atoms with Crippen molar-refractivity contribution in [1.82, 2.24) is 14.9 Å². The van der Waals surface area contributed by atoms with Gasteiger partial charge in [0.2, 0.25) is 11.1 Å². The molecule has 0 aliphatic carbocycles. The number of nitrogens with one attached hydrogen (secondary N) is 2. The van der Waals surface area contributed by atoms with Crippen molar-refractivity contribution in [2.45, 2.75) is 30.0 Å². The number of carbonyl (C=O) groups is 1. The summed E-state index contributed by atoms with van der Waals surface area (Å²) in [6, 6.07) is 24.6. The van der Waals surface area contributed by atoms with Gasteiger partial charge >= 0.3 is 0 Å². The lowest BCUT2D eigenvalue weighted by molar-refractivity contribution is -0.116.